The van der Waals surface area contributed by atoms with E-state index < -0.39 is 46.2 Å². The first kappa shape index (κ1) is 30.8. The van der Waals surface area contributed by atoms with Crippen LogP contribution in [0.3, 0.4) is 0 Å². The quantitative estimate of drug-likeness (QED) is 0.352. The minimum Gasteiger partial charge on any atom is -0.369 e. The van der Waals surface area contributed by atoms with Crippen LogP contribution < -0.4 is 5.01 Å². The summed E-state index contributed by atoms with van der Waals surface area (Å²) in [6.45, 7) is 0.437. The maximum Gasteiger partial charge on any atom is 0.431 e. The van der Waals surface area contributed by atoms with Gasteiger partial charge < -0.3 is 5.11 Å². The first-order chi connectivity index (χ1) is 19.6. The van der Waals surface area contributed by atoms with Gasteiger partial charge in [-0.1, -0.05) is 60.9 Å². The van der Waals surface area contributed by atoms with Crippen molar-refractivity contribution in [1.82, 2.24) is 4.31 Å². The normalized spacial score (nSPS) is 21.5. The molecule has 3 aliphatic rings. The molecule has 2 aromatic carbocycles. The highest BCUT2D eigenvalue weighted by atomic mass is 35.5. The molecule has 5 rings (SSSR count). The zero-order valence-corrected chi connectivity index (χ0v) is 23.7. The number of benzene rings is 2. The number of anilines is 1. The van der Waals surface area contributed by atoms with Gasteiger partial charge >= 0.3 is 12.4 Å². The average molecular weight is 636 g/mol. The van der Waals surface area contributed by atoms with Gasteiger partial charge in [0.05, 0.1) is 27.7 Å². The van der Waals surface area contributed by atoms with Crippen LogP contribution in [-0.2, 0) is 10.0 Å². The molecule has 2 heterocycles. The van der Waals surface area contributed by atoms with Crippen molar-refractivity contribution in [2.75, 3.05) is 18.1 Å². The van der Waals surface area contributed by atoms with Gasteiger partial charge in [-0.05, 0) is 54.2 Å². The monoisotopic (exact) mass is 635 g/mol. The average Bonchev–Trinajstić information content (AvgIpc) is 3.63. The number of hydrazone groups is 1. The number of para-hydroxylation sites is 1. The van der Waals surface area contributed by atoms with E-state index in [-0.39, 0.29) is 29.0 Å². The Morgan fingerprint density at radius 1 is 0.952 bits per heavy atom. The Morgan fingerprint density at radius 2 is 1.62 bits per heavy atom. The molecule has 42 heavy (non-hydrogen) atoms. The van der Waals surface area contributed by atoms with Gasteiger partial charge in [0.15, 0.2) is 0 Å². The van der Waals surface area contributed by atoms with E-state index in [1.165, 1.54) is 22.5 Å². The van der Waals surface area contributed by atoms with Crippen LogP contribution in [0, 0.1) is 0 Å². The third-order valence-electron chi connectivity index (χ3n) is 8.15. The van der Waals surface area contributed by atoms with Crippen LogP contribution in [0.4, 0.5) is 32.0 Å². The molecule has 0 aromatic heterocycles. The third kappa shape index (κ3) is 5.44. The number of alkyl halides is 6. The molecule has 2 aromatic rings. The smallest absolute Gasteiger partial charge is 0.369 e. The summed E-state index contributed by atoms with van der Waals surface area (Å²) in [5.41, 5.74) is -4.78. The van der Waals surface area contributed by atoms with Crippen molar-refractivity contribution in [2.45, 2.75) is 67.8 Å². The van der Waals surface area contributed by atoms with Crippen LogP contribution in [0.2, 0.25) is 5.02 Å². The Bertz CT molecular complexity index is 1490. The van der Waals surface area contributed by atoms with E-state index in [9.17, 15) is 39.9 Å². The van der Waals surface area contributed by atoms with E-state index in [0.717, 1.165) is 23.4 Å². The van der Waals surface area contributed by atoms with Gasteiger partial charge in [0.2, 0.25) is 10.0 Å². The largest absolute Gasteiger partial charge is 0.431 e. The fourth-order valence-electron chi connectivity index (χ4n) is 5.82. The molecule has 1 saturated carbocycles. The Balaban J connectivity index is 1.48. The van der Waals surface area contributed by atoms with E-state index in [1.54, 1.807) is 36.4 Å². The molecular formula is C28H28ClF6N3O3S. The molecule has 6 nitrogen and oxygen atoms in total. The lowest BCUT2D eigenvalue weighted by Crippen LogP contribution is -2.62. The summed E-state index contributed by atoms with van der Waals surface area (Å²) in [4.78, 5) is 0. The van der Waals surface area contributed by atoms with E-state index in [2.05, 4.69) is 5.10 Å². The molecule has 1 aliphatic carbocycles. The summed E-state index contributed by atoms with van der Waals surface area (Å²) < 4.78 is 110. The zero-order valence-electron chi connectivity index (χ0n) is 22.2. The second-order valence-corrected chi connectivity index (χ2v) is 13.3. The Kier molecular flexibility index (Phi) is 8.18. The van der Waals surface area contributed by atoms with E-state index >= 15 is 0 Å². The lowest BCUT2D eigenvalue weighted by Gasteiger charge is -2.32. The Labute approximate surface area is 244 Å². The van der Waals surface area contributed by atoms with Gasteiger partial charge in [0.25, 0.3) is 5.60 Å². The van der Waals surface area contributed by atoms with Crippen molar-refractivity contribution >= 4 is 38.6 Å². The van der Waals surface area contributed by atoms with Crippen LogP contribution in [0.15, 0.2) is 59.7 Å². The number of sulfonamides is 1. The number of hydrogen-bond acceptors (Lipinski definition) is 5. The highest BCUT2D eigenvalue weighted by Crippen LogP contribution is 2.49. The summed E-state index contributed by atoms with van der Waals surface area (Å²) in [7, 11) is -3.43. The molecule has 228 valence electrons. The number of hydrogen-bond donors (Lipinski definition) is 1. The van der Waals surface area contributed by atoms with Gasteiger partial charge in [0.1, 0.15) is 0 Å². The first-order valence-corrected chi connectivity index (χ1v) is 15.3. The van der Waals surface area contributed by atoms with Gasteiger partial charge in [0, 0.05) is 19.5 Å². The molecule has 0 radical (unpaired) electrons. The second kappa shape index (κ2) is 11.1. The number of halogens is 7. The minimum atomic E-state index is -6.08. The lowest BCUT2D eigenvalue weighted by molar-refractivity contribution is -0.338. The number of aliphatic hydroxyl groups is 1. The molecule has 1 unspecified atom stereocenters. The molecule has 0 saturated heterocycles. The van der Waals surface area contributed by atoms with Gasteiger partial charge in [-0.2, -0.15) is 35.7 Å². The maximum atomic E-state index is 13.8. The second-order valence-electron chi connectivity index (χ2n) is 10.7. The summed E-state index contributed by atoms with van der Waals surface area (Å²) in [6, 6.07) is 11.3. The molecule has 0 spiro atoms. The molecular weight excluding hydrogens is 608 g/mol. The highest BCUT2D eigenvalue weighted by Gasteiger charge is 2.74. The van der Waals surface area contributed by atoms with E-state index in [4.69, 9.17) is 11.6 Å². The fraction of sp³-hybridized carbons (Fsp3) is 0.464. The summed E-state index contributed by atoms with van der Waals surface area (Å²) in [6.07, 6.45) is -7.82. The van der Waals surface area contributed by atoms with Crippen molar-refractivity contribution < 1.29 is 39.9 Å². The SMILES string of the molecule is O=S(=O)(C1CCCC1)N1CC=C(c2cccc(C3CC(C(O)(C(F)(F)F)C(F)(F)F)=NN3c3ccccc3Cl)c2)CC1. The lowest BCUT2D eigenvalue weighted by atomic mass is 9.88. The topological polar surface area (TPSA) is 73.2 Å². The van der Waals surface area contributed by atoms with E-state index in [0.29, 0.717) is 30.4 Å². The summed E-state index contributed by atoms with van der Waals surface area (Å²) in [5, 5.41) is 14.4. The van der Waals surface area contributed by atoms with Crippen molar-refractivity contribution in [1.29, 1.82) is 0 Å². The molecule has 2 aliphatic heterocycles. The summed E-state index contributed by atoms with van der Waals surface area (Å²) in [5.74, 6) is 0. The van der Waals surface area contributed by atoms with Crippen LogP contribution in [0.5, 0.6) is 0 Å². The Morgan fingerprint density at radius 3 is 2.21 bits per heavy atom. The van der Waals surface area contributed by atoms with E-state index in [1.807, 2.05) is 0 Å². The van der Waals surface area contributed by atoms with Crippen molar-refractivity contribution in [3.05, 3.63) is 70.8 Å². The van der Waals surface area contributed by atoms with Crippen molar-refractivity contribution in [3.8, 4) is 0 Å². The molecule has 0 amide bonds. The third-order valence-corrected chi connectivity index (χ3v) is 10.8. The van der Waals surface area contributed by atoms with Crippen LogP contribution in [-0.4, -0.2) is 59.8 Å². The number of rotatable bonds is 6. The highest BCUT2D eigenvalue weighted by molar-refractivity contribution is 7.89. The van der Waals surface area contributed by atoms with Crippen molar-refractivity contribution in [3.63, 3.8) is 0 Å². The number of nitrogens with zero attached hydrogens (tertiary/aromatic N) is 3. The summed E-state index contributed by atoms with van der Waals surface area (Å²) >= 11 is 6.27. The van der Waals surface area contributed by atoms with Crippen LogP contribution in [0.25, 0.3) is 5.57 Å². The maximum absolute atomic E-state index is 13.8. The minimum absolute atomic E-state index is 0.0461. The molecule has 0 bridgehead atoms. The van der Waals surface area contributed by atoms with Crippen molar-refractivity contribution in [2.24, 2.45) is 5.10 Å². The molecule has 1 fully saturated rings. The van der Waals surface area contributed by atoms with Crippen LogP contribution in [0.1, 0.15) is 55.7 Å². The zero-order chi connectivity index (χ0) is 30.5. The van der Waals surface area contributed by atoms with Gasteiger partial charge in [-0.25, -0.2) is 8.42 Å². The predicted molar refractivity (Wildman–Crippen MR) is 148 cm³/mol. The van der Waals surface area contributed by atoms with Crippen LogP contribution >= 0.6 is 11.6 Å². The fourth-order valence-corrected chi connectivity index (χ4v) is 8.02. The Hall–Kier alpha value is -2.61. The first-order valence-electron chi connectivity index (χ1n) is 13.4. The molecule has 1 N–H and O–H groups in total. The molecule has 1 atom stereocenters. The standard InChI is InChI=1S/C28H28ClF6N3O3S/c29-22-10-3-4-11-23(22)38-24(17-25(36-38)26(39,27(30,31)32)28(33,34)35)20-7-5-6-19(16-20)18-12-14-37(15-13-18)42(40,41)21-8-1-2-9-21/h3-7,10-12,16,21,24,39H,1-2,8-9,13-15,17H2. The van der Waals surface area contributed by atoms with Gasteiger partial charge in [-0.15, -0.1) is 0 Å². The van der Waals surface area contributed by atoms with Gasteiger partial charge in [-0.3, -0.25) is 5.01 Å². The molecule has 14 heteroatoms. The predicted octanol–water partition coefficient (Wildman–Crippen LogP) is 6.86.